The smallest absolute Gasteiger partial charge is 0.329 e. The van der Waals surface area contributed by atoms with Gasteiger partial charge in [-0.3, -0.25) is 4.79 Å². The predicted octanol–water partition coefficient (Wildman–Crippen LogP) is 1.70. The predicted molar refractivity (Wildman–Crippen MR) is 76.2 cm³/mol. The Kier molecular flexibility index (Phi) is 5.22. The number of carboxylic acid groups (broad SMARTS) is 1. The first kappa shape index (κ1) is 14.6. The number of carbonyl (C=O) groups is 2. The molecular weight excluding hydrogens is 300 g/mol. The van der Waals surface area contributed by atoms with E-state index >= 15 is 0 Å². The first-order chi connectivity index (χ1) is 9.66. The third-order valence-corrected chi connectivity index (χ3v) is 3.84. The molecule has 8 heteroatoms. The molecule has 0 aromatic carbocycles. The molecule has 0 fully saturated rings. The van der Waals surface area contributed by atoms with E-state index in [2.05, 4.69) is 10.3 Å². The van der Waals surface area contributed by atoms with Gasteiger partial charge in [-0.25, -0.2) is 9.78 Å². The van der Waals surface area contributed by atoms with Gasteiger partial charge in [0.1, 0.15) is 17.3 Å². The van der Waals surface area contributed by atoms with Crippen LogP contribution in [-0.4, -0.2) is 41.7 Å². The number of ether oxygens (including phenoxy) is 1. The van der Waals surface area contributed by atoms with E-state index in [1.54, 1.807) is 16.7 Å². The number of nitrogens with zero attached hydrogens (tertiary/aromatic N) is 1. The number of rotatable bonds is 7. The van der Waals surface area contributed by atoms with Crippen molar-refractivity contribution in [3.8, 4) is 10.6 Å². The molecule has 2 aromatic heterocycles. The second-order valence-corrected chi connectivity index (χ2v) is 5.39. The molecule has 106 valence electrons. The maximum Gasteiger partial charge on any atom is 0.329 e. The zero-order valence-electron chi connectivity index (χ0n) is 10.4. The fraction of sp³-hybridized carbons (Fsp3) is 0.250. The molecule has 0 aliphatic carbocycles. The van der Waals surface area contributed by atoms with Gasteiger partial charge in [0.2, 0.25) is 0 Å². The average Bonchev–Trinajstić information content (AvgIpc) is 3.08. The van der Waals surface area contributed by atoms with Gasteiger partial charge in [-0.1, -0.05) is 0 Å². The van der Waals surface area contributed by atoms with Gasteiger partial charge in [0.05, 0.1) is 6.61 Å². The van der Waals surface area contributed by atoms with Crippen LogP contribution in [0.25, 0.3) is 10.6 Å². The van der Waals surface area contributed by atoms with Crippen molar-refractivity contribution in [1.29, 1.82) is 0 Å². The molecule has 0 radical (unpaired) electrons. The van der Waals surface area contributed by atoms with Crippen molar-refractivity contribution in [2.45, 2.75) is 0 Å². The van der Waals surface area contributed by atoms with E-state index < -0.39 is 5.97 Å². The molecule has 20 heavy (non-hydrogen) atoms. The Balaban J connectivity index is 1.80. The van der Waals surface area contributed by atoms with Crippen molar-refractivity contribution in [1.82, 2.24) is 10.3 Å². The Morgan fingerprint density at radius 3 is 2.95 bits per heavy atom. The van der Waals surface area contributed by atoms with Crippen molar-refractivity contribution in [2.75, 3.05) is 19.8 Å². The third kappa shape index (κ3) is 4.12. The lowest BCUT2D eigenvalue weighted by molar-refractivity contribution is -0.142. The highest BCUT2D eigenvalue weighted by atomic mass is 32.1. The van der Waals surface area contributed by atoms with E-state index in [1.165, 1.54) is 11.3 Å². The minimum atomic E-state index is -1.03. The van der Waals surface area contributed by atoms with Crippen molar-refractivity contribution in [3.05, 3.63) is 27.9 Å². The molecule has 2 aromatic rings. The van der Waals surface area contributed by atoms with E-state index in [4.69, 9.17) is 9.84 Å². The number of carboxylic acids is 1. The zero-order chi connectivity index (χ0) is 14.4. The number of amides is 1. The van der Waals surface area contributed by atoms with Gasteiger partial charge < -0.3 is 15.2 Å². The molecule has 0 atom stereocenters. The van der Waals surface area contributed by atoms with Crippen LogP contribution in [0.1, 0.15) is 10.5 Å². The number of hydrogen-bond acceptors (Lipinski definition) is 6. The highest BCUT2D eigenvalue weighted by molar-refractivity contribution is 7.14. The molecular formula is C12H12N2O4S2. The number of aromatic nitrogens is 1. The fourth-order valence-corrected chi connectivity index (χ4v) is 2.90. The van der Waals surface area contributed by atoms with Gasteiger partial charge in [0.15, 0.2) is 0 Å². The Bertz CT molecular complexity index is 580. The standard InChI is InChI=1S/C12H12N2O4S2/c15-10(16)5-18-3-2-13-11(17)9-7-20-12(14-9)8-1-4-19-6-8/h1,4,6-7H,2-3,5H2,(H,13,17)(H,15,16). The summed E-state index contributed by atoms with van der Waals surface area (Å²) in [5.74, 6) is -1.32. The van der Waals surface area contributed by atoms with Crippen LogP contribution >= 0.6 is 22.7 Å². The first-order valence-electron chi connectivity index (χ1n) is 5.72. The molecule has 6 nitrogen and oxygen atoms in total. The quantitative estimate of drug-likeness (QED) is 0.760. The summed E-state index contributed by atoms with van der Waals surface area (Å²) in [6.07, 6.45) is 0. The SMILES string of the molecule is O=C(O)COCCNC(=O)c1csc(-c2ccsc2)n1. The minimum Gasteiger partial charge on any atom is -0.480 e. The van der Waals surface area contributed by atoms with Gasteiger partial charge in [0.25, 0.3) is 5.91 Å². The van der Waals surface area contributed by atoms with E-state index in [1.807, 2.05) is 16.8 Å². The van der Waals surface area contributed by atoms with Crippen LogP contribution < -0.4 is 5.32 Å². The lowest BCUT2D eigenvalue weighted by atomic mass is 10.3. The molecule has 0 spiro atoms. The molecule has 2 heterocycles. The molecule has 0 bridgehead atoms. The molecule has 1 amide bonds. The highest BCUT2D eigenvalue weighted by Gasteiger charge is 2.11. The van der Waals surface area contributed by atoms with Gasteiger partial charge >= 0.3 is 5.97 Å². The number of thiophene rings is 1. The average molecular weight is 312 g/mol. The Morgan fingerprint density at radius 1 is 1.40 bits per heavy atom. The second kappa shape index (κ2) is 7.13. The number of nitrogens with one attached hydrogen (secondary N) is 1. The van der Waals surface area contributed by atoms with Crippen LogP contribution in [0, 0.1) is 0 Å². The Morgan fingerprint density at radius 2 is 2.25 bits per heavy atom. The van der Waals surface area contributed by atoms with Gasteiger partial charge in [0, 0.05) is 22.9 Å². The van der Waals surface area contributed by atoms with E-state index in [9.17, 15) is 9.59 Å². The molecule has 0 aliphatic rings. The fourth-order valence-electron chi connectivity index (χ4n) is 1.38. The second-order valence-electron chi connectivity index (χ2n) is 3.75. The summed E-state index contributed by atoms with van der Waals surface area (Å²) in [4.78, 5) is 26.3. The van der Waals surface area contributed by atoms with Crippen molar-refractivity contribution in [2.24, 2.45) is 0 Å². The maximum absolute atomic E-state index is 11.8. The van der Waals surface area contributed by atoms with Gasteiger partial charge in [-0.15, -0.1) is 11.3 Å². The van der Waals surface area contributed by atoms with Crippen LogP contribution in [-0.2, 0) is 9.53 Å². The van der Waals surface area contributed by atoms with Crippen LogP contribution in [0.4, 0.5) is 0 Å². The summed E-state index contributed by atoms with van der Waals surface area (Å²) in [6, 6.07) is 1.95. The maximum atomic E-state index is 11.8. The highest BCUT2D eigenvalue weighted by Crippen LogP contribution is 2.25. The molecule has 2 rings (SSSR count). The number of aliphatic carboxylic acids is 1. The lowest BCUT2D eigenvalue weighted by Crippen LogP contribution is -2.28. The van der Waals surface area contributed by atoms with E-state index in [0.29, 0.717) is 5.69 Å². The Labute approximate surface area is 123 Å². The van der Waals surface area contributed by atoms with Crippen LogP contribution in [0.2, 0.25) is 0 Å². The minimum absolute atomic E-state index is 0.152. The molecule has 0 unspecified atom stereocenters. The van der Waals surface area contributed by atoms with E-state index in [0.717, 1.165) is 10.6 Å². The summed E-state index contributed by atoms with van der Waals surface area (Å²) < 4.78 is 4.81. The largest absolute Gasteiger partial charge is 0.480 e. The van der Waals surface area contributed by atoms with Crippen molar-refractivity contribution in [3.63, 3.8) is 0 Å². The molecule has 0 saturated heterocycles. The third-order valence-electron chi connectivity index (χ3n) is 2.26. The number of carbonyl (C=O) groups excluding carboxylic acids is 1. The van der Waals surface area contributed by atoms with Gasteiger partial charge in [-0.2, -0.15) is 11.3 Å². The first-order valence-corrected chi connectivity index (χ1v) is 7.55. The molecule has 0 aliphatic heterocycles. The zero-order valence-corrected chi connectivity index (χ0v) is 12.0. The Hall–Kier alpha value is -1.77. The van der Waals surface area contributed by atoms with Gasteiger partial charge in [-0.05, 0) is 11.4 Å². The van der Waals surface area contributed by atoms with Crippen molar-refractivity contribution >= 4 is 34.6 Å². The molecule has 2 N–H and O–H groups in total. The monoisotopic (exact) mass is 312 g/mol. The summed E-state index contributed by atoms with van der Waals surface area (Å²) in [5.41, 5.74) is 1.36. The summed E-state index contributed by atoms with van der Waals surface area (Å²) in [5, 5.41) is 17.4. The summed E-state index contributed by atoms with van der Waals surface area (Å²) in [6.45, 7) is 0.0336. The summed E-state index contributed by atoms with van der Waals surface area (Å²) >= 11 is 2.98. The number of hydrogen-bond donors (Lipinski definition) is 2. The summed E-state index contributed by atoms with van der Waals surface area (Å²) in [7, 11) is 0. The number of thiazole rings is 1. The van der Waals surface area contributed by atoms with Crippen LogP contribution in [0.3, 0.4) is 0 Å². The molecule has 0 saturated carbocycles. The van der Waals surface area contributed by atoms with E-state index in [-0.39, 0.29) is 25.7 Å². The van der Waals surface area contributed by atoms with Crippen LogP contribution in [0.15, 0.2) is 22.2 Å². The van der Waals surface area contributed by atoms with Crippen LogP contribution in [0.5, 0.6) is 0 Å². The lowest BCUT2D eigenvalue weighted by Gasteiger charge is -2.02. The van der Waals surface area contributed by atoms with Crippen molar-refractivity contribution < 1.29 is 19.4 Å². The topological polar surface area (TPSA) is 88.5 Å². The normalized spacial score (nSPS) is 10.4.